The summed E-state index contributed by atoms with van der Waals surface area (Å²) >= 11 is 6.06. The Morgan fingerprint density at radius 2 is 2.18 bits per heavy atom. The van der Waals surface area contributed by atoms with Crippen LogP contribution in [0.3, 0.4) is 0 Å². The highest BCUT2D eigenvalue weighted by molar-refractivity contribution is 6.32. The normalized spacial score (nSPS) is 9.94. The van der Waals surface area contributed by atoms with E-state index < -0.39 is 0 Å². The van der Waals surface area contributed by atoms with E-state index in [2.05, 4.69) is 10.3 Å². The molecule has 0 unspecified atom stereocenters. The van der Waals surface area contributed by atoms with Crippen LogP contribution in [0.15, 0.2) is 11.6 Å². The molecule has 0 radical (unpaired) electrons. The first-order valence-electron chi connectivity index (χ1n) is 5.56. The standard InChI is InChI=1S/C13H17ClN2O/c1-5-11(17)16-12-9(4)7-10(6-8(2)3)15-13(12)14/h6-7H,5H2,1-4H3,(H,16,17). The number of aromatic nitrogens is 1. The van der Waals surface area contributed by atoms with Gasteiger partial charge < -0.3 is 5.32 Å². The number of carbonyl (C=O) groups excluding carboxylic acids is 1. The molecule has 1 rings (SSSR count). The first-order chi connectivity index (χ1) is 7.93. The molecule has 17 heavy (non-hydrogen) atoms. The minimum atomic E-state index is -0.0632. The van der Waals surface area contributed by atoms with Gasteiger partial charge in [0.1, 0.15) is 0 Å². The van der Waals surface area contributed by atoms with Gasteiger partial charge in [-0.3, -0.25) is 4.79 Å². The van der Waals surface area contributed by atoms with Gasteiger partial charge in [0.25, 0.3) is 0 Å². The second kappa shape index (κ2) is 5.82. The Bertz CT molecular complexity index is 439. The van der Waals surface area contributed by atoms with Crippen molar-refractivity contribution in [3.05, 3.63) is 28.0 Å². The van der Waals surface area contributed by atoms with Crippen LogP contribution in [0.1, 0.15) is 38.4 Å². The number of nitrogens with one attached hydrogen (secondary N) is 1. The van der Waals surface area contributed by atoms with Crippen molar-refractivity contribution in [1.29, 1.82) is 0 Å². The van der Waals surface area contributed by atoms with Crippen LogP contribution >= 0.6 is 11.6 Å². The van der Waals surface area contributed by atoms with Crippen LogP contribution in [0.25, 0.3) is 6.08 Å². The first-order valence-corrected chi connectivity index (χ1v) is 5.93. The molecule has 0 aliphatic heterocycles. The summed E-state index contributed by atoms with van der Waals surface area (Å²) in [5, 5.41) is 3.09. The van der Waals surface area contributed by atoms with E-state index in [0.29, 0.717) is 17.3 Å². The van der Waals surface area contributed by atoms with Gasteiger partial charge in [0.2, 0.25) is 5.91 Å². The van der Waals surface area contributed by atoms with Gasteiger partial charge in [-0.15, -0.1) is 0 Å². The number of hydrogen-bond acceptors (Lipinski definition) is 2. The van der Waals surface area contributed by atoms with Gasteiger partial charge in [-0.1, -0.05) is 24.1 Å². The number of nitrogens with zero attached hydrogens (tertiary/aromatic N) is 1. The topological polar surface area (TPSA) is 42.0 Å². The van der Waals surface area contributed by atoms with Gasteiger partial charge in [0.15, 0.2) is 5.15 Å². The number of hydrogen-bond donors (Lipinski definition) is 1. The molecule has 1 aromatic rings. The summed E-state index contributed by atoms with van der Waals surface area (Å²) in [7, 11) is 0. The first kappa shape index (κ1) is 13.7. The predicted octanol–water partition coefficient (Wildman–Crippen LogP) is 3.82. The van der Waals surface area contributed by atoms with Gasteiger partial charge in [0.05, 0.1) is 11.4 Å². The van der Waals surface area contributed by atoms with Crippen LogP contribution in [0.5, 0.6) is 0 Å². The van der Waals surface area contributed by atoms with E-state index in [-0.39, 0.29) is 5.91 Å². The zero-order valence-corrected chi connectivity index (χ0v) is 11.4. The van der Waals surface area contributed by atoms with Crippen molar-refractivity contribution < 1.29 is 4.79 Å². The molecule has 0 aliphatic rings. The van der Waals surface area contributed by atoms with Crippen LogP contribution in [0.2, 0.25) is 5.15 Å². The highest BCUT2D eigenvalue weighted by atomic mass is 35.5. The van der Waals surface area contributed by atoms with Gasteiger partial charge in [0, 0.05) is 6.42 Å². The number of aryl methyl sites for hydroxylation is 1. The monoisotopic (exact) mass is 252 g/mol. The molecule has 0 aliphatic carbocycles. The molecule has 1 amide bonds. The molecule has 3 nitrogen and oxygen atoms in total. The average Bonchev–Trinajstić information content (AvgIpc) is 2.22. The Morgan fingerprint density at radius 3 is 2.65 bits per heavy atom. The molecular formula is C13H17ClN2O. The number of carbonyl (C=O) groups is 1. The predicted molar refractivity (Wildman–Crippen MR) is 72.2 cm³/mol. The third kappa shape index (κ3) is 3.86. The molecule has 0 atom stereocenters. The number of allylic oxidation sites excluding steroid dienone is 1. The maximum Gasteiger partial charge on any atom is 0.224 e. The van der Waals surface area contributed by atoms with Crippen molar-refractivity contribution in [2.24, 2.45) is 0 Å². The SMILES string of the molecule is CCC(=O)Nc1c(C)cc(C=C(C)C)nc1Cl. The second-order valence-corrected chi connectivity index (χ2v) is 4.51. The van der Waals surface area contributed by atoms with E-state index in [1.807, 2.05) is 32.9 Å². The second-order valence-electron chi connectivity index (χ2n) is 4.15. The summed E-state index contributed by atoms with van der Waals surface area (Å²) in [6.07, 6.45) is 2.37. The van der Waals surface area contributed by atoms with Crippen molar-refractivity contribution in [3.63, 3.8) is 0 Å². The van der Waals surface area contributed by atoms with Crippen molar-refractivity contribution in [2.45, 2.75) is 34.1 Å². The highest BCUT2D eigenvalue weighted by Gasteiger charge is 2.09. The van der Waals surface area contributed by atoms with Crippen LogP contribution in [-0.4, -0.2) is 10.9 Å². The number of halogens is 1. The molecule has 92 valence electrons. The van der Waals surface area contributed by atoms with Crippen molar-refractivity contribution in [3.8, 4) is 0 Å². The van der Waals surface area contributed by atoms with E-state index in [4.69, 9.17) is 11.6 Å². The fourth-order valence-corrected chi connectivity index (χ4v) is 1.70. The fraction of sp³-hybridized carbons (Fsp3) is 0.385. The van der Waals surface area contributed by atoms with Crippen LogP contribution in [0, 0.1) is 6.92 Å². The molecule has 1 heterocycles. The molecule has 4 heteroatoms. The maximum absolute atomic E-state index is 11.3. The van der Waals surface area contributed by atoms with Gasteiger partial charge in [-0.05, 0) is 38.5 Å². The number of pyridine rings is 1. The van der Waals surface area contributed by atoms with Gasteiger partial charge in [-0.25, -0.2) is 4.98 Å². The Balaban J connectivity index is 3.10. The molecular weight excluding hydrogens is 236 g/mol. The molecule has 0 saturated heterocycles. The smallest absolute Gasteiger partial charge is 0.224 e. The Kier molecular flexibility index (Phi) is 4.70. The lowest BCUT2D eigenvalue weighted by Crippen LogP contribution is -2.11. The van der Waals surface area contributed by atoms with Gasteiger partial charge in [-0.2, -0.15) is 0 Å². The summed E-state index contributed by atoms with van der Waals surface area (Å²) in [5.74, 6) is -0.0632. The zero-order chi connectivity index (χ0) is 13.0. The van der Waals surface area contributed by atoms with E-state index in [1.165, 1.54) is 0 Å². The molecule has 0 bridgehead atoms. The molecule has 0 fully saturated rings. The Morgan fingerprint density at radius 1 is 1.53 bits per heavy atom. The van der Waals surface area contributed by atoms with Crippen molar-refractivity contribution in [1.82, 2.24) is 4.98 Å². The summed E-state index contributed by atoms with van der Waals surface area (Å²) in [5.41, 5.74) is 3.48. The van der Waals surface area contributed by atoms with Crippen molar-refractivity contribution >= 4 is 29.3 Å². The largest absolute Gasteiger partial charge is 0.323 e. The van der Waals surface area contributed by atoms with Crippen LogP contribution in [0.4, 0.5) is 5.69 Å². The lowest BCUT2D eigenvalue weighted by Gasteiger charge is -2.10. The minimum absolute atomic E-state index is 0.0632. The third-order valence-corrected chi connectivity index (χ3v) is 2.49. The molecule has 0 spiro atoms. The summed E-state index contributed by atoms with van der Waals surface area (Å²) < 4.78 is 0. The van der Waals surface area contributed by atoms with E-state index in [9.17, 15) is 4.79 Å². The summed E-state index contributed by atoms with van der Waals surface area (Å²) in [6.45, 7) is 7.69. The fourth-order valence-electron chi connectivity index (χ4n) is 1.41. The lowest BCUT2D eigenvalue weighted by molar-refractivity contribution is -0.115. The summed E-state index contributed by atoms with van der Waals surface area (Å²) in [4.78, 5) is 15.6. The third-order valence-electron chi connectivity index (χ3n) is 2.21. The van der Waals surface area contributed by atoms with Crippen LogP contribution in [-0.2, 0) is 4.79 Å². The van der Waals surface area contributed by atoms with Gasteiger partial charge >= 0.3 is 0 Å². The molecule has 1 N–H and O–H groups in total. The number of rotatable bonds is 3. The van der Waals surface area contributed by atoms with E-state index >= 15 is 0 Å². The highest BCUT2D eigenvalue weighted by Crippen LogP contribution is 2.25. The maximum atomic E-state index is 11.3. The Hall–Kier alpha value is -1.35. The summed E-state index contributed by atoms with van der Waals surface area (Å²) in [6, 6.07) is 1.91. The van der Waals surface area contributed by atoms with Crippen molar-refractivity contribution in [2.75, 3.05) is 5.32 Å². The molecule has 1 aromatic heterocycles. The molecule has 0 aromatic carbocycles. The van der Waals surface area contributed by atoms with E-state index in [0.717, 1.165) is 16.8 Å². The molecule has 0 saturated carbocycles. The van der Waals surface area contributed by atoms with Crippen LogP contribution < -0.4 is 5.32 Å². The quantitative estimate of drug-likeness (QED) is 0.831. The minimum Gasteiger partial charge on any atom is -0.323 e. The zero-order valence-electron chi connectivity index (χ0n) is 10.6. The van der Waals surface area contributed by atoms with E-state index in [1.54, 1.807) is 6.92 Å². The Labute approximate surface area is 107 Å². The number of anilines is 1. The lowest BCUT2D eigenvalue weighted by atomic mass is 10.2. The average molecular weight is 253 g/mol. The number of amides is 1.